The molecule has 0 saturated heterocycles. The third-order valence-electron chi connectivity index (χ3n) is 3.88. The average Bonchev–Trinajstić information content (AvgIpc) is 2.56. The monoisotopic (exact) mass is 334 g/mol. The maximum Gasteiger partial charge on any atom is 0.332 e. The van der Waals surface area contributed by atoms with E-state index in [4.69, 9.17) is 5.73 Å². The Morgan fingerprint density at radius 3 is 2.50 bits per heavy atom. The van der Waals surface area contributed by atoms with Gasteiger partial charge in [0.1, 0.15) is 17.2 Å². The molecule has 7 nitrogen and oxygen atoms in total. The highest BCUT2D eigenvalue weighted by Gasteiger charge is 2.22. The molecule has 0 amide bonds. The Balaban J connectivity index is 2.43. The fraction of sp³-hybridized carbons (Fsp3) is 0.312. The highest BCUT2D eigenvalue weighted by atomic mass is 19.1. The Morgan fingerprint density at radius 1 is 1.25 bits per heavy atom. The zero-order valence-corrected chi connectivity index (χ0v) is 13.7. The van der Waals surface area contributed by atoms with E-state index in [2.05, 4.69) is 0 Å². The van der Waals surface area contributed by atoms with Crippen molar-refractivity contribution < 1.29 is 9.18 Å². The lowest BCUT2D eigenvalue weighted by Crippen LogP contribution is -2.43. The summed E-state index contributed by atoms with van der Waals surface area (Å²) in [6.07, 6.45) is 0. The van der Waals surface area contributed by atoms with E-state index < -0.39 is 22.8 Å². The number of nitrogen functional groups attached to an aromatic ring is 1. The molecule has 0 aliphatic carbocycles. The number of Topliss-reactive ketones (excluding diaryl/α,β-unsaturated/α-hetero) is 1. The lowest BCUT2D eigenvalue weighted by atomic mass is 10.1. The predicted molar refractivity (Wildman–Crippen MR) is 90.0 cm³/mol. The fourth-order valence-electron chi connectivity index (χ4n) is 2.43. The molecule has 1 aromatic carbocycles. The average molecular weight is 334 g/mol. The van der Waals surface area contributed by atoms with Crippen LogP contribution in [0.15, 0.2) is 33.9 Å². The Kier molecular flexibility index (Phi) is 4.87. The van der Waals surface area contributed by atoms with Gasteiger partial charge in [0.2, 0.25) is 0 Å². The third kappa shape index (κ3) is 3.08. The van der Waals surface area contributed by atoms with Crippen LogP contribution in [-0.2, 0) is 14.1 Å². The van der Waals surface area contributed by atoms with Crippen molar-refractivity contribution in [2.75, 3.05) is 23.7 Å². The minimum atomic E-state index is -0.740. The summed E-state index contributed by atoms with van der Waals surface area (Å²) in [6.45, 7) is 2.08. The molecule has 24 heavy (non-hydrogen) atoms. The smallest absolute Gasteiger partial charge is 0.332 e. The Bertz CT molecular complexity index is 901. The van der Waals surface area contributed by atoms with Gasteiger partial charge in [-0.2, -0.15) is 0 Å². The molecule has 0 radical (unpaired) electrons. The van der Waals surface area contributed by atoms with Crippen LogP contribution in [0, 0.1) is 5.82 Å². The minimum Gasteiger partial charge on any atom is -0.384 e. The zero-order valence-electron chi connectivity index (χ0n) is 13.7. The van der Waals surface area contributed by atoms with Crippen molar-refractivity contribution >= 4 is 17.3 Å². The van der Waals surface area contributed by atoms with Gasteiger partial charge < -0.3 is 10.6 Å². The molecule has 0 aliphatic rings. The van der Waals surface area contributed by atoms with Crippen LogP contribution in [0.3, 0.4) is 0 Å². The molecule has 8 heteroatoms. The van der Waals surface area contributed by atoms with Crippen LogP contribution in [0.1, 0.15) is 17.3 Å². The van der Waals surface area contributed by atoms with Gasteiger partial charge in [-0.05, 0) is 25.1 Å². The second-order valence-corrected chi connectivity index (χ2v) is 5.38. The van der Waals surface area contributed by atoms with Gasteiger partial charge in [-0.3, -0.25) is 18.7 Å². The lowest BCUT2D eigenvalue weighted by Gasteiger charge is -2.22. The van der Waals surface area contributed by atoms with Gasteiger partial charge in [-0.1, -0.05) is 6.07 Å². The first-order chi connectivity index (χ1) is 11.3. The molecule has 2 rings (SSSR count). The van der Waals surface area contributed by atoms with E-state index in [1.54, 1.807) is 17.9 Å². The van der Waals surface area contributed by atoms with E-state index in [-0.39, 0.29) is 17.9 Å². The third-order valence-corrected chi connectivity index (χ3v) is 3.88. The second kappa shape index (κ2) is 6.69. The van der Waals surface area contributed by atoms with Crippen molar-refractivity contribution in [3.8, 4) is 0 Å². The number of carbonyl (C=O) groups excluding carboxylic acids is 1. The quantitative estimate of drug-likeness (QED) is 0.805. The molecule has 0 unspecified atom stereocenters. The number of nitrogens with two attached hydrogens (primary N) is 1. The van der Waals surface area contributed by atoms with Crippen LogP contribution < -0.4 is 21.9 Å². The number of hydrogen-bond donors (Lipinski definition) is 1. The summed E-state index contributed by atoms with van der Waals surface area (Å²) >= 11 is 0. The fourth-order valence-corrected chi connectivity index (χ4v) is 2.43. The van der Waals surface area contributed by atoms with E-state index in [1.807, 2.05) is 0 Å². The van der Waals surface area contributed by atoms with Gasteiger partial charge in [-0.25, -0.2) is 9.18 Å². The highest BCUT2D eigenvalue weighted by Crippen LogP contribution is 2.16. The van der Waals surface area contributed by atoms with E-state index in [1.165, 1.54) is 32.3 Å². The van der Waals surface area contributed by atoms with Crippen LogP contribution in [0.4, 0.5) is 15.9 Å². The van der Waals surface area contributed by atoms with Crippen LogP contribution in [0.25, 0.3) is 0 Å². The van der Waals surface area contributed by atoms with Gasteiger partial charge in [0.15, 0.2) is 5.78 Å². The Labute approximate surface area is 137 Å². The topological polar surface area (TPSA) is 90.3 Å². The molecule has 0 atom stereocenters. The molecule has 0 fully saturated rings. The summed E-state index contributed by atoms with van der Waals surface area (Å²) in [7, 11) is 2.67. The van der Waals surface area contributed by atoms with Gasteiger partial charge in [0.25, 0.3) is 5.56 Å². The number of ketones is 1. The number of nitrogens with zero attached hydrogens (tertiary/aromatic N) is 3. The van der Waals surface area contributed by atoms with Crippen LogP contribution in [0.5, 0.6) is 0 Å². The van der Waals surface area contributed by atoms with E-state index >= 15 is 0 Å². The van der Waals surface area contributed by atoms with Crippen molar-refractivity contribution in [3.63, 3.8) is 0 Å². The van der Waals surface area contributed by atoms with Crippen LogP contribution in [0.2, 0.25) is 0 Å². The van der Waals surface area contributed by atoms with Crippen molar-refractivity contribution in [2.24, 2.45) is 14.1 Å². The van der Waals surface area contributed by atoms with Crippen LogP contribution in [-0.4, -0.2) is 28.0 Å². The molecule has 128 valence electrons. The molecular weight excluding hydrogens is 315 g/mol. The van der Waals surface area contributed by atoms with Crippen molar-refractivity contribution in [1.29, 1.82) is 0 Å². The number of anilines is 2. The maximum absolute atomic E-state index is 13.4. The normalized spacial score (nSPS) is 10.7. The standard InChI is InChI=1S/C16H19FN4O3/c1-4-21(11-7-5-6-10(17)8-11)9-12(22)13-14(18)19(2)16(24)20(3)15(13)23/h5-8H,4,9,18H2,1-3H3. The number of benzene rings is 1. The largest absolute Gasteiger partial charge is 0.384 e. The zero-order chi connectivity index (χ0) is 18.0. The molecule has 1 aromatic heterocycles. The number of aromatic nitrogens is 2. The number of rotatable bonds is 5. The number of hydrogen-bond acceptors (Lipinski definition) is 5. The first-order valence-electron chi connectivity index (χ1n) is 7.37. The van der Waals surface area contributed by atoms with Crippen molar-refractivity contribution in [3.05, 3.63) is 56.5 Å². The molecule has 0 saturated carbocycles. The predicted octanol–water partition coefficient (Wildman–Crippen LogP) is 0.514. The number of carbonyl (C=O) groups is 1. The summed E-state index contributed by atoms with van der Waals surface area (Å²) in [4.78, 5) is 38.2. The summed E-state index contributed by atoms with van der Waals surface area (Å²) < 4.78 is 15.3. The molecule has 0 spiro atoms. The van der Waals surface area contributed by atoms with Gasteiger partial charge in [0, 0.05) is 26.3 Å². The lowest BCUT2D eigenvalue weighted by molar-refractivity contribution is 0.0997. The number of halogens is 1. The Hall–Kier alpha value is -2.90. The molecule has 0 bridgehead atoms. The first-order valence-corrected chi connectivity index (χ1v) is 7.37. The molecule has 2 aromatic rings. The van der Waals surface area contributed by atoms with Crippen LogP contribution >= 0.6 is 0 Å². The molecule has 1 heterocycles. The van der Waals surface area contributed by atoms with Crippen molar-refractivity contribution in [1.82, 2.24) is 9.13 Å². The van der Waals surface area contributed by atoms with E-state index in [0.717, 1.165) is 9.13 Å². The summed E-state index contributed by atoms with van der Waals surface area (Å²) in [5, 5.41) is 0. The van der Waals surface area contributed by atoms with Gasteiger partial charge >= 0.3 is 5.69 Å². The molecule has 2 N–H and O–H groups in total. The first kappa shape index (κ1) is 17.5. The Morgan fingerprint density at radius 2 is 1.92 bits per heavy atom. The van der Waals surface area contributed by atoms with Gasteiger partial charge in [-0.15, -0.1) is 0 Å². The maximum atomic E-state index is 13.4. The van der Waals surface area contributed by atoms with Gasteiger partial charge in [0.05, 0.1) is 6.54 Å². The van der Waals surface area contributed by atoms with E-state index in [0.29, 0.717) is 12.2 Å². The number of likely N-dealkylation sites (N-methyl/N-ethyl adjacent to an activating group) is 1. The summed E-state index contributed by atoms with van der Waals surface area (Å²) in [5.41, 5.74) is 4.72. The summed E-state index contributed by atoms with van der Waals surface area (Å²) in [6, 6.07) is 5.82. The van der Waals surface area contributed by atoms with Crippen molar-refractivity contribution in [2.45, 2.75) is 6.92 Å². The second-order valence-electron chi connectivity index (χ2n) is 5.38. The van der Waals surface area contributed by atoms with E-state index in [9.17, 15) is 18.8 Å². The highest BCUT2D eigenvalue weighted by molar-refractivity contribution is 6.02. The molecule has 0 aliphatic heterocycles. The summed E-state index contributed by atoms with van der Waals surface area (Å²) in [5.74, 6) is -1.13. The molecular formula is C16H19FN4O3. The SMILES string of the molecule is CCN(CC(=O)c1c(N)n(C)c(=O)n(C)c1=O)c1cccc(F)c1. The minimum absolute atomic E-state index is 0.155.